The maximum atomic E-state index is 12.6. The van der Waals surface area contributed by atoms with Crippen LogP contribution in [-0.2, 0) is 11.3 Å². The summed E-state index contributed by atoms with van der Waals surface area (Å²) in [7, 11) is 4.31. The minimum absolute atomic E-state index is 0.0792. The molecule has 1 aliphatic heterocycles. The van der Waals surface area contributed by atoms with Crippen molar-refractivity contribution in [3.05, 3.63) is 60.3 Å². The molecule has 1 fully saturated rings. The predicted molar refractivity (Wildman–Crippen MR) is 121 cm³/mol. The molecule has 4 rings (SSSR count). The molecule has 3 aromatic rings. The molecule has 1 aliphatic rings. The fourth-order valence-corrected chi connectivity index (χ4v) is 4.60. The summed E-state index contributed by atoms with van der Waals surface area (Å²) < 4.78 is 0. The zero-order valence-corrected chi connectivity index (χ0v) is 17.8. The first-order valence-corrected chi connectivity index (χ1v) is 10.7. The number of hydrogen-bond donors (Lipinski definition) is 2. The minimum Gasteiger partial charge on any atom is -0.326 e. The Morgan fingerprint density at radius 1 is 1.23 bits per heavy atom. The van der Waals surface area contributed by atoms with Crippen LogP contribution in [0.5, 0.6) is 0 Å². The lowest BCUT2D eigenvalue weighted by Gasteiger charge is -2.41. The first kappa shape index (κ1) is 20.6. The Balaban J connectivity index is 1.34. The number of aromatic nitrogens is 2. The van der Waals surface area contributed by atoms with Gasteiger partial charge in [0.1, 0.15) is 0 Å². The summed E-state index contributed by atoms with van der Waals surface area (Å²) in [6.07, 6.45) is 4.35. The molecule has 0 aliphatic carbocycles. The van der Waals surface area contributed by atoms with Gasteiger partial charge in [0.15, 0.2) is 0 Å². The normalized spacial score (nSPS) is 20.0. The summed E-state index contributed by atoms with van der Waals surface area (Å²) in [6.45, 7) is 3.12. The Morgan fingerprint density at radius 3 is 2.87 bits per heavy atom. The van der Waals surface area contributed by atoms with Crippen molar-refractivity contribution in [1.82, 2.24) is 20.0 Å². The van der Waals surface area contributed by atoms with Crippen LogP contribution in [0.25, 0.3) is 10.9 Å². The first-order chi connectivity index (χ1) is 14.6. The highest BCUT2D eigenvalue weighted by molar-refractivity contribution is 5.93. The molecule has 0 spiro atoms. The number of nitrogens with one attached hydrogen (secondary N) is 2. The first-order valence-electron chi connectivity index (χ1n) is 10.7. The molecule has 2 aromatic carbocycles. The molecule has 0 radical (unpaired) electrons. The minimum atomic E-state index is 0.0792. The van der Waals surface area contributed by atoms with Crippen molar-refractivity contribution >= 4 is 22.5 Å². The molecule has 1 saturated heterocycles. The number of carbonyl (C=O) groups excluding carboxylic acids is 1. The number of carbonyl (C=O) groups is 1. The average Bonchev–Trinajstić information content (AvgIpc) is 3.21. The second-order valence-corrected chi connectivity index (χ2v) is 8.56. The van der Waals surface area contributed by atoms with E-state index >= 15 is 0 Å². The number of nitrogens with zero attached hydrogens (tertiary/aromatic N) is 3. The number of piperidine rings is 1. The molecule has 0 unspecified atom stereocenters. The van der Waals surface area contributed by atoms with E-state index in [2.05, 4.69) is 69.7 Å². The topological polar surface area (TPSA) is 64.3 Å². The standard InChI is InChI=1S/C24H31N5O/c1-28(2)23-12-13-29(16-18-6-4-3-5-7-18)17-19(23)8-11-24(30)26-21-9-10-22-20(14-21)15-25-27-22/h3-7,9-10,14-15,19,23H,8,11-13,16-17H2,1-2H3,(H,25,27)(H,26,30)/t19-,23+/m0/s1. The molecule has 6 heteroatoms. The Hall–Kier alpha value is -2.70. The van der Waals surface area contributed by atoms with Gasteiger partial charge in [-0.2, -0.15) is 5.10 Å². The van der Waals surface area contributed by atoms with E-state index in [-0.39, 0.29) is 5.91 Å². The number of likely N-dealkylation sites (tertiary alicyclic amines) is 1. The Bertz CT molecular complexity index is 968. The highest BCUT2D eigenvalue weighted by Gasteiger charge is 2.30. The largest absolute Gasteiger partial charge is 0.326 e. The van der Waals surface area contributed by atoms with Gasteiger partial charge in [-0.1, -0.05) is 30.3 Å². The second-order valence-electron chi connectivity index (χ2n) is 8.56. The van der Waals surface area contributed by atoms with Gasteiger partial charge in [0, 0.05) is 36.6 Å². The van der Waals surface area contributed by atoms with E-state index in [0.29, 0.717) is 18.4 Å². The average molecular weight is 406 g/mol. The van der Waals surface area contributed by atoms with Crippen molar-refractivity contribution in [1.29, 1.82) is 0 Å². The molecule has 2 atom stereocenters. The predicted octanol–water partition coefficient (Wildman–Crippen LogP) is 3.73. The fraction of sp³-hybridized carbons (Fsp3) is 0.417. The summed E-state index contributed by atoms with van der Waals surface area (Å²) in [5.41, 5.74) is 3.15. The third kappa shape index (κ3) is 5.07. The van der Waals surface area contributed by atoms with Gasteiger partial charge >= 0.3 is 0 Å². The number of hydrogen-bond acceptors (Lipinski definition) is 4. The van der Waals surface area contributed by atoms with Crippen LogP contribution < -0.4 is 5.32 Å². The van der Waals surface area contributed by atoms with Gasteiger partial charge in [0.05, 0.1) is 11.7 Å². The van der Waals surface area contributed by atoms with E-state index < -0.39 is 0 Å². The van der Waals surface area contributed by atoms with E-state index in [9.17, 15) is 4.79 Å². The summed E-state index contributed by atoms with van der Waals surface area (Å²) in [6, 6.07) is 17.0. The SMILES string of the molecule is CN(C)[C@@H]1CCN(Cc2ccccc2)C[C@@H]1CCC(=O)Nc1ccc2[nH]ncc2c1. The number of amides is 1. The van der Waals surface area contributed by atoms with Gasteiger partial charge in [-0.25, -0.2) is 0 Å². The monoisotopic (exact) mass is 405 g/mol. The van der Waals surface area contributed by atoms with Gasteiger partial charge in [-0.15, -0.1) is 0 Å². The lowest BCUT2D eigenvalue weighted by molar-refractivity contribution is -0.116. The molecular formula is C24H31N5O. The van der Waals surface area contributed by atoms with Gasteiger partial charge in [-0.3, -0.25) is 14.8 Å². The van der Waals surface area contributed by atoms with Crippen LogP contribution >= 0.6 is 0 Å². The van der Waals surface area contributed by atoms with Gasteiger partial charge in [-0.05, 0) is 63.2 Å². The highest BCUT2D eigenvalue weighted by Crippen LogP contribution is 2.26. The lowest BCUT2D eigenvalue weighted by atomic mass is 9.87. The molecule has 1 aromatic heterocycles. The van der Waals surface area contributed by atoms with Crippen molar-refractivity contribution in [2.45, 2.75) is 31.8 Å². The third-order valence-corrected chi connectivity index (χ3v) is 6.16. The quantitative estimate of drug-likeness (QED) is 0.629. The van der Waals surface area contributed by atoms with Crippen LogP contribution in [-0.4, -0.2) is 59.1 Å². The summed E-state index contributed by atoms with van der Waals surface area (Å²) in [4.78, 5) is 17.5. The number of aromatic amines is 1. The van der Waals surface area contributed by atoms with Crippen LogP contribution in [0.15, 0.2) is 54.7 Å². The number of H-pyrrole nitrogens is 1. The molecule has 6 nitrogen and oxygen atoms in total. The number of benzene rings is 2. The Morgan fingerprint density at radius 2 is 2.07 bits per heavy atom. The van der Waals surface area contributed by atoms with E-state index in [1.807, 2.05) is 18.2 Å². The molecule has 2 N–H and O–H groups in total. The summed E-state index contributed by atoms with van der Waals surface area (Å²) in [5.74, 6) is 0.565. The molecule has 158 valence electrons. The second kappa shape index (κ2) is 9.41. The van der Waals surface area contributed by atoms with E-state index in [0.717, 1.165) is 49.1 Å². The summed E-state index contributed by atoms with van der Waals surface area (Å²) in [5, 5.41) is 11.0. The van der Waals surface area contributed by atoms with Crippen molar-refractivity contribution in [3.63, 3.8) is 0 Å². The maximum Gasteiger partial charge on any atom is 0.224 e. The van der Waals surface area contributed by atoms with Gasteiger partial charge < -0.3 is 10.2 Å². The van der Waals surface area contributed by atoms with E-state index in [1.165, 1.54) is 5.56 Å². The smallest absolute Gasteiger partial charge is 0.224 e. The molecule has 30 heavy (non-hydrogen) atoms. The molecule has 2 heterocycles. The zero-order valence-electron chi connectivity index (χ0n) is 17.8. The Labute approximate surface area is 178 Å². The van der Waals surface area contributed by atoms with Crippen molar-refractivity contribution in [2.24, 2.45) is 5.92 Å². The molecule has 0 bridgehead atoms. The highest BCUT2D eigenvalue weighted by atomic mass is 16.1. The third-order valence-electron chi connectivity index (χ3n) is 6.16. The van der Waals surface area contributed by atoms with Crippen LogP contribution in [0.1, 0.15) is 24.8 Å². The van der Waals surface area contributed by atoms with Crippen molar-refractivity contribution in [2.75, 3.05) is 32.5 Å². The van der Waals surface area contributed by atoms with Crippen LogP contribution in [0, 0.1) is 5.92 Å². The number of anilines is 1. The number of fused-ring (bicyclic) bond motifs is 1. The summed E-state index contributed by atoms with van der Waals surface area (Å²) >= 11 is 0. The lowest BCUT2D eigenvalue weighted by Crippen LogP contribution is -2.48. The van der Waals surface area contributed by atoms with E-state index in [4.69, 9.17) is 0 Å². The van der Waals surface area contributed by atoms with Crippen LogP contribution in [0.3, 0.4) is 0 Å². The van der Waals surface area contributed by atoms with Crippen LogP contribution in [0.4, 0.5) is 5.69 Å². The maximum absolute atomic E-state index is 12.6. The van der Waals surface area contributed by atoms with Gasteiger partial charge in [0.2, 0.25) is 5.91 Å². The number of rotatable bonds is 7. The van der Waals surface area contributed by atoms with Crippen molar-refractivity contribution in [3.8, 4) is 0 Å². The molecular weight excluding hydrogens is 374 g/mol. The fourth-order valence-electron chi connectivity index (χ4n) is 4.60. The Kier molecular flexibility index (Phi) is 6.45. The van der Waals surface area contributed by atoms with Crippen LogP contribution in [0.2, 0.25) is 0 Å². The van der Waals surface area contributed by atoms with E-state index in [1.54, 1.807) is 6.20 Å². The molecule has 0 saturated carbocycles. The molecule has 1 amide bonds. The zero-order chi connectivity index (χ0) is 20.9. The van der Waals surface area contributed by atoms with Crippen molar-refractivity contribution < 1.29 is 4.79 Å². The van der Waals surface area contributed by atoms with Gasteiger partial charge in [0.25, 0.3) is 0 Å².